The van der Waals surface area contributed by atoms with Crippen molar-refractivity contribution in [3.05, 3.63) is 65.0 Å². The number of nitrogens with one attached hydrogen (secondary N) is 2. The molecule has 2 rings (SSSR count). The predicted octanol–water partition coefficient (Wildman–Crippen LogP) is 3.18. The largest absolute Gasteiger partial charge is 0.496 e. The fourth-order valence-electron chi connectivity index (χ4n) is 3.75. The molecule has 2 aromatic carbocycles. The van der Waals surface area contributed by atoms with E-state index in [0.717, 1.165) is 0 Å². The molecule has 0 aliphatic rings. The minimum atomic E-state index is -1.31. The van der Waals surface area contributed by atoms with Crippen LogP contribution in [0.2, 0.25) is 0 Å². The fraction of sp³-hybridized carbons (Fsp3) is 0.393. The lowest BCUT2D eigenvalue weighted by Gasteiger charge is -2.25. The van der Waals surface area contributed by atoms with Crippen molar-refractivity contribution >= 4 is 41.1 Å². The summed E-state index contributed by atoms with van der Waals surface area (Å²) in [7, 11) is 1.44. The minimum Gasteiger partial charge on any atom is -0.496 e. The second-order valence-electron chi connectivity index (χ2n) is 9.30. The van der Waals surface area contributed by atoms with Gasteiger partial charge in [-0.3, -0.25) is 24.0 Å². The standard InChI is InChI=1S/C28H33FN2O7S/c1-16(2)27(31-25(34)12-20-11-19(17(3)32)8-9-24(20)38-4)28(37)30-22(13-26(35)36)23(33)15-39-14-18-6-5-7-21(29)10-18/h5-11,16,22,27H,12-15H2,1-4H3,(H,30,37)(H,31,34)(H,35,36)/t22-,27-/m0/s1. The lowest BCUT2D eigenvalue weighted by Crippen LogP contribution is -2.54. The molecule has 2 aromatic rings. The Morgan fingerprint density at radius 3 is 2.36 bits per heavy atom. The van der Waals surface area contributed by atoms with Crippen LogP contribution in [0.25, 0.3) is 0 Å². The molecule has 210 valence electrons. The molecule has 0 saturated carbocycles. The summed E-state index contributed by atoms with van der Waals surface area (Å²) in [6.07, 6.45) is -0.798. The Hall–Kier alpha value is -3.73. The molecule has 39 heavy (non-hydrogen) atoms. The topological polar surface area (TPSA) is 139 Å². The van der Waals surface area contributed by atoms with Gasteiger partial charge in [0, 0.05) is 16.9 Å². The Labute approximate surface area is 230 Å². The highest BCUT2D eigenvalue weighted by atomic mass is 32.2. The van der Waals surface area contributed by atoms with E-state index in [1.165, 1.54) is 37.9 Å². The first-order valence-corrected chi connectivity index (χ1v) is 13.4. The average Bonchev–Trinajstić information content (AvgIpc) is 2.86. The summed E-state index contributed by atoms with van der Waals surface area (Å²) >= 11 is 1.17. The number of hydrogen-bond acceptors (Lipinski definition) is 7. The zero-order valence-electron chi connectivity index (χ0n) is 22.3. The molecule has 9 nitrogen and oxygen atoms in total. The van der Waals surface area contributed by atoms with Gasteiger partial charge < -0.3 is 20.5 Å². The van der Waals surface area contributed by atoms with E-state index in [1.807, 2.05) is 0 Å². The second-order valence-corrected chi connectivity index (χ2v) is 10.3. The quantitative estimate of drug-likeness (QED) is 0.282. The normalized spacial score (nSPS) is 12.4. The number of benzene rings is 2. The van der Waals surface area contributed by atoms with Gasteiger partial charge in [-0.15, -0.1) is 11.8 Å². The molecule has 3 N–H and O–H groups in total. The van der Waals surface area contributed by atoms with Crippen molar-refractivity contribution in [3.63, 3.8) is 0 Å². The van der Waals surface area contributed by atoms with Crippen LogP contribution in [-0.2, 0) is 31.4 Å². The van der Waals surface area contributed by atoms with Gasteiger partial charge in [0.25, 0.3) is 0 Å². The number of carboxylic acids is 1. The highest BCUT2D eigenvalue weighted by molar-refractivity contribution is 7.99. The third kappa shape index (κ3) is 10.2. The summed E-state index contributed by atoms with van der Waals surface area (Å²) in [5.41, 5.74) is 1.53. The Bertz CT molecular complexity index is 1220. The van der Waals surface area contributed by atoms with Crippen molar-refractivity contribution in [3.8, 4) is 5.75 Å². The van der Waals surface area contributed by atoms with Gasteiger partial charge in [-0.25, -0.2) is 4.39 Å². The van der Waals surface area contributed by atoms with E-state index in [4.69, 9.17) is 4.74 Å². The number of thioether (sulfide) groups is 1. The third-order valence-corrected chi connectivity index (χ3v) is 6.82. The number of aliphatic carboxylic acids is 1. The van der Waals surface area contributed by atoms with Crippen molar-refractivity contribution < 1.29 is 38.2 Å². The number of Topliss-reactive ketones (excluding diaryl/α,β-unsaturated/α-hetero) is 2. The van der Waals surface area contributed by atoms with Gasteiger partial charge in [-0.2, -0.15) is 0 Å². The molecule has 2 amide bonds. The molecule has 0 unspecified atom stereocenters. The number of halogens is 1. The Morgan fingerprint density at radius 1 is 1.05 bits per heavy atom. The van der Waals surface area contributed by atoms with Gasteiger partial charge >= 0.3 is 5.97 Å². The van der Waals surface area contributed by atoms with Gasteiger partial charge in [0.05, 0.1) is 31.7 Å². The maximum Gasteiger partial charge on any atom is 0.305 e. The minimum absolute atomic E-state index is 0.0975. The molecular formula is C28H33FN2O7S. The monoisotopic (exact) mass is 560 g/mol. The summed E-state index contributed by atoms with van der Waals surface area (Å²) in [4.78, 5) is 61.9. The predicted molar refractivity (Wildman–Crippen MR) is 145 cm³/mol. The summed E-state index contributed by atoms with van der Waals surface area (Å²) < 4.78 is 18.6. The maximum absolute atomic E-state index is 13.4. The first kappa shape index (κ1) is 31.5. The smallest absolute Gasteiger partial charge is 0.305 e. The SMILES string of the molecule is COc1ccc(C(C)=O)cc1CC(=O)N[C@H](C(=O)N[C@@H](CC(=O)O)C(=O)CSCc1cccc(F)c1)C(C)C. The number of methoxy groups -OCH3 is 1. The number of hydrogen-bond donors (Lipinski definition) is 3. The van der Waals surface area contributed by atoms with Crippen LogP contribution in [0.4, 0.5) is 4.39 Å². The van der Waals surface area contributed by atoms with Gasteiger partial charge in [-0.1, -0.05) is 26.0 Å². The molecule has 0 bridgehead atoms. The fourth-order valence-corrected chi connectivity index (χ4v) is 4.67. The molecular weight excluding hydrogens is 527 g/mol. The van der Waals surface area contributed by atoms with Crippen LogP contribution in [0.15, 0.2) is 42.5 Å². The van der Waals surface area contributed by atoms with Crippen LogP contribution in [0.3, 0.4) is 0 Å². The van der Waals surface area contributed by atoms with Crippen LogP contribution in [-0.4, -0.2) is 59.4 Å². The molecule has 0 aliphatic heterocycles. The van der Waals surface area contributed by atoms with E-state index in [9.17, 15) is 33.5 Å². The van der Waals surface area contributed by atoms with Crippen molar-refractivity contribution in [2.45, 2.75) is 51.4 Å². The molecule has 0 fully saturated rings. The molecule has 11 heteroatoms. The average molecular weight is 561 g/mol. The van der Waals surface area contributed by atoms with Crippen molar-refractivity contribution in [1.29, 1.82) is 0 Å². The zero-order valence-corrected chi connectivity index (χ0v) is 23.1. The third-order valence-electron chi connectivity index (χ3n) is 5.79. The van der Waals surface area contributed by atoms with E-state index in [1.54, 1.807) is 44.2 Å². The second kappa shape index (κ2) is 15.0. The highest BCUT2D eigenvalue weighted by Crippen LogP contribution is 2.21. The number of carbonyl (C=O) groups excluding carboxylic acids is 4. The van der Waals surface area contributed by atoms with E-state index in [-0.39, 0.29) is 23.9 Å². The van der Waals surface area contributed by atoms with Gasteiger partial charge in [0.15, 0.2) is 11.6 Å². The molecule has 0 saturated heterocycles. The lowest BCUT2D eigenvalue weighted by molar-refractivity contribution is -0.140. The van der Waals surface area contributed by atoms with E-state index in [0.29, 0.717) is 28.2 Å². The number of carbonyl (C=O) groups is 5. The number of amides is 2. The molecule has 0 aromatic heterocycles. The van der Waals surface area contributed by atoms with Gasteiger partial charge in [0.1, 0.15) is 17.6 Å². The first-order chi connectivity index (χ1) is 18.4. The Balaban J connectivity index is 2.07. The molecule has 2 atom stereocenters. The maximum atomic E-state index is 13.4. The van der Waals surface area contributed by atoms with Gasteiger partial charge in [-0.05, 0) is 48.7 Å². The van der Waals surface area contributed by atoms with Crippen LogP contribution in [0.1, 0.15) is 48.7 Å². The van der Waals surface area contributed by atoms with Crippen molar-refractivity contribution in [2.24, 2.45) is 5.92 Å². The highest BCUT2D eigenvalue weighted by Gasteiger charge is 2.30. The molecule has 0 radical (unpaired) electrons. The van der Waals surface area contributed by atoms with Crippen molar-refractivity contribution in [2.75, 3.05) is 12.9 Å². The number of ether oxygens (including phenoxy) is 1. The number of carboxylic acid groups (broad SMARTS) is 1. The van der Waals surface area contributed by atoms with Crippen LogP contribution in [0.5, 0.6) is 5.75 Å². The zero-order chi connectivity index (χ0) is 29.1. The molecule has 0 aliphatic carbocycles. The van der Waals surface area contributed by atoms with Gasteiger partial charge in [0.2, 0.25) is 11.8 Å². The Kier molecular flexibility index (Phi) is 12.1. The summed E-state index contributed by atoms with van der Waals surface area (Å²) in [6.45, 7) is 4.80. The number of rotatable bonds is 15. The van der Waals surface area contributed by atoms with E-state index in [2.05, 4.69) is 10.6 Å². The number of ketones is 2. The molecule has 0 heterocycles. The van der Waals surface area contributed by atoms with Crippen LogP contribution < -0.4 is 15.4 Å². The van der Waals surface area contributed by atoms with E-state index < -0.39 is 47.9 Å². The van der Waals surface area contributed by atoms with Crippen LogP contribution >= 0.6 is 11.8 Å². The first-order valence-electron chi connectivity index (χ1n) is 12.3. The molecule has 0 spiro atoms. The van der Waals surface area contributed by atoms with E-state index >= 15 is 0 Å². The van der Waals surface area contributed by atoms with Crippen LogP contribution in [0, 0.1) is 11.7 Å². The summed E-state index contributed by atoms with van der Waals surface area (Å²) in [6, 6.07) is 8.27. The summed E-state index contributed by atoms with van der Waals surface area (Å²) in [5, 5.41) is 14.4. The lowest BCUT2D eigenvalue weighted by atomic mass is 10.0. The van der Waals surface area contributed by atoms with Crippen molar-refractivity contribution in [1.82, 2.24) is 10.6 Å². The summed E-state index contributed by atoms with van der Waals surface area (Å²) in [5.74, 6) is -3.32. The Morgan fingerprint density at radius 2 is 1.77 bits per heavy atom.